The summed E-state index contributed by atoms with van der Waals surface area (Å²) in [6.07, 6.45) is 0. The van der Waals surface area contributed by atoms with Crippen LogP contribution < -0.4 is 0 Å². The summed E-state index contributed by atoms with van der Waals surface area (Å²) in [5.41, 5.74) is 1.24. The molecule has 1 aromatic rings. The van der Waals surface area contributed by atoms with E-state index < -0.39 is 0 Å². The number of thiophene rings is 1. The lowest BCUT2D eigenvalue weighted by Crippen LogP contribution is -2.54. The number of amides is 1. The Morgan fingerprint density at radius 2 is 2.36 bits per heavy atom. The fraction of sp³-hybridized carbons (Fsp3) is 0.688. The van der Waals surface area contributed by atoms with Gasteiger partial charge in [-0.25, -0.2) is 0 Å². The predicted molar refractivity (Wildman–Crippen MR) is 86.1 cm³/mol. The van der Waals surface area contributed by atoms with E-state index in [-0.39, 0.29) is 30.4 Å². The van der Waals surface area contributed by atoms with Crippen LogP contribution in [0.3, 0.4) is 0 Å². The Labute approximate surface area is 135 Å². The molecule has 0 spiro atoms. The lowest BCUT2D eigenvalue weighted by molar-refractivity contribution is -0.142. The van der Waals surface area contributed by atoms with E-state index in [9.17, 15) is 9.90 Å². The summed E-state index contributed by atoms with van der Waals surface area (Å²) in [6.45, 7) is 6.43. The Kier molecular flexibility index (Phi) is 5.13. The van der Waals surface area contributed by atoms with Crippen LogP contribution >= 0.6 is 11.3 Å². The average Bonchev–Trinajstić information content (AvgIpc) is 3.22. The smallest absolute Gasteiger partial charge is 0.242 e. The summed E-state index contributed by atoms with van der Waals surface area (Å²) in [5.74, 6) is 0.538. The van der Waals surface area contributed by atoms with Gasteiger partial charge in [0.05, 0.1) is 13.2 Å². The maximum absolute atomic E-state index is 12.9. The van der Waals surface area contributed by atoms with E-state index in [0.29, 0.717) is 26.3 Å². The quantitative estimate of drug-likeness (QED) is 0.898. The number of likely N-dealkylation sites (N-methyl/N-ethyl adjacent to an activating group) is 1. The van der Waals surface area contributed by atoms with E-state index >= 15 is 0 Å². The zero-order valence-corrected chi connectivity index (χ0v) is 13.8. The van der Waals surface area contributed by atoms with Gasteiger partial charge >= 0.3 is 0 Å². The number of aliphatic hydroxyl groups is 1. The first-order chi connectivity index (χ1) is 10.7. The van der Waals surface area contributed by atoms with Gasteiger partial charge in [-0.1, -0.05) is 6.92 Å². The Bertz CT molecular complexity index is 494. The molecule has 22 heavy (non-hydrogen) atoms. The van der Waals surface area contributed by atoms with Gasteiger partial charge in [-0.15, -0.1) is 0 Å². The molecule has 2 aliphatic rings. The normalized spacial score (nSPS) is 29.9. The van der Waals surface area contributed by atoms with E-state index in [0.717, 1.165) is 13.1 Å². The largest absolute Gasteiger partial charge is 0.396 e. The first-order valence-electron chi connectivity index (χ1n) is 7.98. The summed E-state index contributed by atoms with van der Waals surface area (Å²) in [7, 11) is 0. The molecule has 122 valence electrons. The number of likely N-dealkylation sites (tertiary alicyclic amines) is 1. The number of hydrogen-bond acceptors (Lipinski definition) is 5. The lowest BCUT2D eigenvalue weighted by atomic mass is 9.92. The average molecular weight is 324 g/mol. The van der Waals surface area contributed by atoms with Crippen molar-refractivity contribution in [1.82, 2.24) is 9.80 Å². The number of nitrogens with zero attached hydrogens (tertiary/aromatic N) is 2. The predicted octanol–water partition coefficient (Wildman–Crippen LogP) is 1.00. The standard InChI is InChI=1S/C16H24N2O3S/c1-2-17-4-5-21-10-15(17)16(20)18-7-13(9-19)14(8-18)12-3-6-22-11-12/h3,6,11,13-15,19H,2,4-5,7-10H2,1H3/t13-,14-,15?/m0/s1. The molecule has 2 saturated heterocycles. The number of rotatable bonds is 4. The second-order valence-electron chi connectivity index (χ2n) is 6.07. The first-order valence-corrected chi connectivity index (χ1v) is 8.92. The Balaban J connectivity index is 1.71. The second kappa shape index (κ2) is 7.08. The van der Waals surface area contributed by atoms with Crippen molar-refractivity contribution >= 4 is 17.2 Å². The van der Waals surface area contributed by atoms with Gasteiger partial charge < -0.3 is 14.7 Å². The number of carbonyl (C=O) groups excluding carboxylic acids is 1. The van der Waals surface area contributed by atoms with Gasteiger partial charge in [-0.2, -0.15) is 11.3 Å². The molecular formula is C16H24N2O3S. The first kappa shape index (κ1) is 15.9. The van der Waals surface area contributed by atoms with E-state index in [1.54, 1.807) is 11.3 Å². The van der Waals surface area contributed by atoms with Gasteiger partial charge in [-0.05, 0) is 28.9 Å². The van der Waals surface area contributed by atoms with Gasteiger partial charge in [-0.3, -0.25) is 9.69 Å². The van der Waals surface area contributed by atoms with E-state index in [1.165, 1.54) is 5.56 Å². The van der Waals surface area contributed by atoms with Gasteiger partial charge in [0.1, 0.15) is 6.04 Å². The molecule has 1 aromatic heterocycles. The lowest BCUT2D eigenvalue weighted by Gasteiger charge is -2.35. The van der Waals surface area contributed by atoms with Crippen molar-refractivity contribution in [1.29, 1.82) is 0 Å². The van der Waals surface area contributed by atoms with Crippen LogP contribution in [0.15, 0.2) is 16.8 Å². The van der Waals surface area contributed by atoms with Crippen molar-refractivity contribution in [3.8, 4) is 0 Å². The third-order valence-electron chi connectivity index (χ3n) is 4.89. The van der Waals surface area contributed by atoms with Crippen LogP contribution in [0.1, 0.15) is 18.4 Å². The summed E-state index contributed by atoms with van der Waals surface area (Å²) >= 11 is 1.67. The van der Waals surface area contributed by atoms with Crippen LogP contribution in [0.25, 0.3) is 0 Å². The van der Waals surface area contributed by atoms with Crippen molar-refractivity contribution < 1.29 is 14.6 Å². The minimum Gasteiger partial charge on any atom is -0.396 e. The van der Waals surface area contributed by atoms with Crippen LogP contribution in [0.2, 0.25) is 0 Å². The molecule has 2 aliphatic heterocycles. The van der Waals surface area contributed by atoms with Crippen LogP contribution in [-0.2, 0) is 9.53 Å². The number of ether oxygens (including phenoxy) is 1. The van der Waals surface area contributed by atoms with Crippen LogP contribution in [0.4, 0.5) is 0 Å². The molecule has 0 saturated carbocycles. The van der Waals surface area contributed by atoms with Crippen molar-refractivity contribution in [2.75, 3.05) is 46.0 Å². The minimum absolute atomic E-state index is 0.128. The zero-order chi connectivity index (χ0) is 15.5. The van der Waals surface area contributed by atoms with Crippen LogP contribution in [-0.4, -0.2) is 72.9 Å². The van der Waals surface area contributed by atoms with Gasteiger partial charge in [0.2, 0.25) is 5.91 Å². The zero-order valence-electron chi connectivity index (χ0n) is 13.0. The van der Waals surface area contributed by atoms with Crippen molar-refractivity contribution in [2.24, 2.45) is 5.92 Å². The van der Waals surface area contributed by atoms with Gasteiger partial charge in [0.15, 0.2) is 0 Å². The number of aliphatic hydroxyl groups excluding tert-OH is 1. The number of carbonyl (C=O) groups is 1. The van der Waals surface area contributed by atoms with Crippen molar-refractivity contribution in [2.45, 2.75) is 18.9 Å². The van der Waals surface area contributed by atoms with Gasteiger partial charge in [0.25, 0.3) is 0 Å². The number of hydrogen-bond donors (Lipinski definition) is 1. The summed E-state index contributed by atoms with van der Waals surface area (Å²) < 4.78 is 5.51. The molecule has 0 radical (unpaired) electrons. The molecule has 5 nitrogen and oxygen atoms in total. The second-order valence-corrected chi connectivity index (χ2v) is 6.85. The molecule has 3 rings (SSSR count). The highest BCUT2D eigenvalue weighted by molar-refractivity contribution is 7.08. The molecule has 2 fully saturated rings. The summed E-state index contributed by atoms with van der Waals surface area (Å²) in [5, 5.41) is 13.9. The van der Waals surface area contributed by atoms with Gasteiger partial charge in [0, 0.05) is 38.1 Å². The SMILES string of the molecule is CCN1CCOCC1C(=O)N1C[C@@H](CO)[C@H](c2ccsc2)C1. The molecule has 0 aromatic carbocycles. The molecule has 1 unspecified atom stereocenters. The third-order valence-corrected chi connectivity index (χ3v) is 5.59. The minimum atomic E-state index is -0.167. The molecule has 3 heterocycles. The summed E-state index contributed by atoms with van der Waals surface area (Å²) in [6, 6.07) is 1.94. The van der Waals surface area contributed by atoms with Crippen LogP contribution in [0.5, 0.6) is 0 Å². The van der Waals surface area contributed by atoms with Crippen molar-refractivity contribution in [3.63, 3.8) is 0 Å². The monoisotopic (exact) mass is 324 g/mol. The Hall–Kier alpha value is -0.950. The molecule has 0 aliphatic carbocycles. The Morgan fingerprint density at radius 3 is 3.05 bits per heavy atom. The maximum atomic E-state index is 12.9. The highest BCUT2D eigenvalue weighted by Crippen LogP contribution is 2.34. The molecule has 3 atom stereocenters. The Morgan fingerprint density at radius 1 is 1.50 bits per heavy atom. The fourth-order valence-corrected chi connectivity index (χ4v) is 4.28. The highest BCUT2D eigenvalue weighted by Gasteiger charge is 2.40. The maximum Gasteiger partial charge on any atom is 0.242 e. The topological polar surface area (TPSA) is 53.0 Å². The van der Waals surface area contributed by atoms with Crippen molar-refractivity contribution in [3.05, 3.63) is 22.4 Å². The number of morpholine rings is 1. The fourth-order valence-electron chi connectivity index (χ4n) is 3.55. The van der Waals surface area contributed by atoms with E-state index in [2.05, 4.69) is 28.7 Å². The molecule has 1 amide bonds. The summed E-state index contributed by atoms with van der Waals surface area (Å²) in [4.78, 5) is 17.0. The highest BCUT2D eigenvalue weighted by atomic mass is 32.1. The molecular weight excluding hydrogens is 300 g/mol. The van der Waals surface area contributed by atoms with E-state index in [1.807, 2.05) is 4.90 Å². The third kappa shape index (κ3) is 3.06. The van der Waals surface area contributed by atoms with E-state index in [4.69, 9.17) is 4.74 Å². The molecule has 6 heteroatoms. The van der Waals surface area contributed by atoms with Crippen LogP contribution in [0, 0.1) is 5.92 Å². The molecule has 0 bridgehead atoms. The molecule has 1 N–H and O–H groups in total.